The highest BCUT2D eigenvalue weighted by Crippen LogP contribution is 2.10. The summed E-state index contributed by atoms with van der Waals surface area (Å²) in [6.45, 7) is 0.531. The summed E-state index contributed by atoms with van der Waals surface area (Å²) in [6, 6.07) is 0. The van der Waals surface area contributed by atoms with Gasteiger partial charge >= 0.3 is 0 Å². The van der Waals surface area contributed by atoms with Crippen molar-refractivity contribution in [1.82, 2.24) is 10.2 Å². The fourth-order valence-electron chi connectivity index (χ4n) is 1.53. The zero-order valence-electron chi connectivity index (χ0n) is 9.39. The molecule has 1 fully saturated rings. The van der Waals surface area contributed by atoms with E-state index in [1.165, 1.54) is 4.90 Å². The van der Waals surface area contributed by atoms with Crippen molar-refractivity contribution in [3.63, 3.8) is 0 Å². The molecule has 0 aromatic carbocycles. The smallest absolute Gasteiger partial charge is 0.229 e. The van der Waals surface area contributed by atoms with Gasteiger partial charge in [-0.2, -0.15) is 25.3 Å². The van der Waals surface area contributed by atoms with E-state index in [1.807, 2.05) is 0 Å². The molecule has 3 amide bonds. The molecule has 0 spiro atoms. The zero-order valence-corrected chi connectivity index (χ0v) is 11.2. The number of thiol groups is 2. The normalized spacial score (nSPS) is 15.8. The second-order valence-corrected chi connectivity index (χ2v) is 4.52. The number of carbonyl (C=O) groups is 3. The van der Waals surface area contributed by atoms with Crippen molar-refractivity contribution in [2.45, 2.75) is 12.8 Å². The first-order valence-electron chi connectivity index (χ1n) is 5.42. The van der Waals surface area contributed by atoms with E-state index in [9.17, 15) is 14.4 Å². The van der Waals surface area contributed by atoms with Crippen LogP contribution in [0.1, 0.15) is 12.8 Å². The van der Waals surface area contributed by atoms with Gasteiger partial charge in [0.1, 0.15) is 0 Å². The van der Waals surface area contributed by atoms with Crippen LogP contribution in [0.2, 0.25) is 0 Å². The molecule has 1 aliphatic rings. The molecule has 0 saturated carbocycles. The second-order valence-electron chi connectivity index (χ2n) is 3.79. The van der Waals surface area contributed by atoms with Crippen molar-refractivity contribution in [1.29, 1.82) is 0 Å². The highest BCUT2D eigenvalue weighted by atomic mass is 32.1. The van der Waals surface area contributed by atoms with E-state index >= 15 is 0 Å². The Morgan fingerprint density at radius 3 is 2.24 bits per heavy atom. The molecule has 0 aromatic heterocycles. The lowest BCUT2D eigenvalue weighted by Gasteiger charge is -2.16. The monoisotopic (exact) mass is 276 g/mol. The van der Waals surface area contributed by atoms with E-state index in [0.29, 0.717) is 11.5 Å². The average Bonchev–Trinajstić information content (AvgIpc) is 2.62. The largest absolute Gasteiger partial charge is 0.354 e. The van der Waals surface area contributed by atoms with Gasteiger partial charge in [0.2, 0.25) is 17.7 Å². The van der Waals surface area contributed by atoms with E-state index < -0.39 is 0 Å². The van der Waals surface area contributed by atoms with E-state index in [4.69, 9.17) is 0 Å². The van der Waals surface area contributed by atoms with Crippen LogP contribution in [-0.4, -0.2) is 47.2 Å². The molecule has 7 heteroatoms. The van der Waals surface area contributed by atoms with Crippen LogP contribution in [0.5, 0.6) is 0 Å². The molecule has 5 nitrogen and oxygen atoms in total. The quantitative estimate of drug-likeness (QED) is 0.462. The third kappa shape index (κ3) is 3.92. The van der Waals surface area contributed by atoms with Crippen LogP contribution in [-0.2, 0) is 14.4 Å². The van der Waals surface area contributed by atoms with Crippen LogP contribution in [0.15, 0.2) is 0 Å². The first-order valence-corrected chi connectivity index (χ1v) is 6.69. The Hall–Kier alpha value is -0.690. The lowest BCUT2D eigenvalue weighted by atomic mass is 10.2. The van der Waals surface area contributed by atoms with Crippen LogP contribution in [0, 0.1) is 5.92 Å². The van der Waals surface area contributed by atoms with E-state index in [1.54, 1.807) is 0 Å². The summed E-state index contributed by atoms with van der Waals surface area (Å²) in [5.74, 6) is 0.141. The highest BCUT2D eigenvalue weighted by Gasteiger charge is 2.28. The Morgan fingerprint density at radius 2 is 1.76 bits per heavy atom. The van der Waals surface area contributed by atoms with Crippen LogP contribution in [0.3, 0.4) is 0 Å². The number of likely N-dealkylation sites (tertiary alicyclic amines) is 1. The number of nitrogens with zero attached hydrogens (tertiary/aromatic N) is 1. The summed E-state index contributed by atoms with van der Waals surface area (Å²) in [4.78, 5) is 35.3. The van der Waals surface area contributed by atoms with Crippen LogP contribution in [0.4, 0.5) is 0 Å². The number of nitrogens with one attached hydrogen (secondary N) is 1. The molecule has 1 aliphatic heterocycles. The Morgan fingerprint density at radius 1 is 1.24 bits per heavy atom. The molecule has 1 N–H and O–H groups in total. The van der Waals surface area contributed by atoms with E-state index in [0.717, 1.165) is 0 Å². The molecular formula is C10H16N2O3S2. The first kappa shape index (κ1) is 14.4. The van der Waals surface area contributed by atoms with Gasteiger partial charge in [-0.25, -0.2) is 0 Å². The second kappa shape index (κ2) is 6.90. The van der Waals surface area contributed by atoms with Gasteiger partial charge < -0.3 is 5.32 Å². The summed E-state index contributed by atoms with van der Waals surface area (Å²) in [5.41, 5.74) is 0. The fourth-order valence-corrected chi connectivity index (χ4v) is 2.32. The summed E-state index contributed by atoms with van der Waals surface area (Å²) in [7, 11) is 0. The third-order valence-electron chi connectivity index (χ3n) is 2.60. The maximum Gasteiger partial charge on any atom is 0.229 e. The lowest BCUT2D eigenvalue weighted by Crippen LogP contribution is -2.40. The molecule has 96 valence electrons. The van der Waals surface area contributed by atoms with Crippen LogP contribution in [0.25, 0.3) is 0 Å². The van der Waals surface area contributed by atoms with E-state index in [2.05, 4.69) is 30.6 Å². The van der Waals surface area contributed by atoms with Crippen LogP contribution >= 0.6 is 25.3 Å². The molecule has 1 rings (SSSR count). The summed E-state index contributed by atoms with van der Waals surface area (Å²) in [5, 5.41) is 2.67. The first-order chi connectivity index (χ1) is 8.10. The molecular weight excluding hydrogens is 260 g/mol. The molecule has 0 unspecified atom stereocenters. The number of hydrogen-bond donors (Lipinski definition) is 3. The van der Waals surface area contributed by atoms with Gasteiger partial charge in [0, 0.05) is 37.4 Å². The maximum absolute atomic E-state index is 11.5. The number of rotatable bonds is 6. The third-order valence-corrected chi connectivity index (χ3v) is 3.48. The minimum atomic E-state index is -0.244. The molecule has 1 heterocycles. The minimum Gasteiger partial charge on any atom is -0.354 e. The number of hydrogen-bond acceptors (Lipinski definition) is 5. The van der Waals surface area contributed by atoms with Gasteiger partial charge in [-0.15, -0.1) is 0 Å². The van der Waals surface area contributed by atoms with Gasteiger partial charge in [0.05, 0.1) is 5.92 Å². The van der Waals surface area contributed by atoms with Crippen molar-refractivity contribution < 1.29 is 14.4 Å². The van der Waals surface area contributed by atoms with Crippen molar-refractivity contribution in [2.75, 3.05) is 24.6 Å². The molecule has 0 aliphatic carbocycles. The fraction of sp³-hybridized carbons (Fsp3) is 0.700. The minimum absolute atomic E-state index is 0.144. The SMILES string of the molecule is O=C(NCCN1C(=O)CCC1=O)C(CS)CS. The van der Waals surface area contributed by atoms with Crippen molar-refractivity contribution in [3.05, 3.63) is 0 Å². The Labute approximate surface area is 111 Å². The molecule has 0 bridgehead atoms. The Balaban J connectivity index is 2.30. The molecule has 1 saturated heterocycles. The standard InChI is InChI=1S/C10H16N2O3S2/c13-8-1-2-9(14)12(8)4-3-11-10(15)7(5-16)6-17/h7,16-17H,1-6H2,(H,11,15). The number of amides is 3. The van der Waals surface area contributed by atoms with Crippen molar-refractivity contribution in [3.8, 4) is 0 Å². The maximum atomic E-state index is 11.5. The lowest BCUT2D eigenvalue weighted by molar-refractivity contribution is -0.138. The van der Waals surface area contributed by atoms with Gasteiger partial charge in [-0.1, -0.05) is 0 Å². The zero-order chi connectivity index (χ0) is 12.8. The summed E-state index contributed by atoms with van der Waals surface area (Å²) < 4.78 is 0. The Bertz CT molecular complexity index is 303. The number of imide groups is 1. The predicted octanol–water partition coefficient (Wildman–Crippen LogP) is -0.273. The van der Waals surface area contributed by atoms with Crippen molar-refractivity contribution in [2.24, 2.45) is 5.92 Å². The van der Waals surface area contributed by atoms with Crippen LogP contribution < -0.4 is 5.32 Å². The van der Waals surface area contributed by atoms with Gasteiger partial charge in [-0.3, -0.25) is 19.3 Å². The topological polar surface area (TPSA) is 66.5 Å². The van der Waals surface area contributed by atoms with E-state index in [-0.39, 0.29) is 49.6 Å². The summed E-state index contributed by atoms with van der Waals surface area (Å²) in [6.07, 6.45) is 0.561. The predicted molar refractivity (Wildman–Crippen MR) is 70.2 cm³/mol. The Kier molecular flexibility index (Phi) is 5.84. The molecule has 0 radical (unpaired) electrons. The average molecular weight is 276 g/mol. The molecule has 0 aromatic rings. The highest BCUT2D eigenvalue weighted by molar-refractivity contribution is 7.81. The van der Waals surface area contributed by atoms with Crippen molar-refractivity contribution >= 4 is 43.0 Å². The number of carbonyl (C=O) groups excluding carboxylic acids is 3. The van der Waals surface area contributed by atoms with Gasteiger partial charge in [0.15, 0.2) is 0 Å². The van der Waals surface area contributed by atoms with Gasteiger partial charge in [-0.05, 0) is 0 Å². The summed E-state index contributed by atoms with van der Waals surface area (Å²) >= 11 is 8.09. The molecule has 0 atom stereocenters. The van der Waals surface area contributed by atoms with Gasteiger partial charge in [0.25, 0.3) is 0 Å². The molecule has 17 heavy (non-hydrogen) atoms.